The minimum Gasteiger partial charge on any atom is -0.454 e. The van der Waals surface area contributed by atoms with Crippen molar-refractivity contribution in [2.75, 3.05) is 25.2 Å². The van der Waals surface area contributed by atoms with E-state index in [1.165, 1.54) is 12.1 Å². The largest absolute Gasteiger partial charge is 0.454 e. The number of halogens is 2. The Balaban J connectivity index is 1.36. The third kappa shape index (κ3) is 3.12. The first-order valence-electron chi connectivity index (χ1n) is 7.96. The Kier molecular flexibility index (Phi) is 4.28. The average molecular weight is 421 g/mol. The van der Waals surface area contributed by atoms with E-state index in [-0.39, 0.29) is 43.3 Å². The number of ether oxygens (including phenoxy) is 2. The van der Waals surface area contributed by atoms with Gasteiger partial charge in [-0.2, -0.15) is 0 Å². The van der Waals surface area contributed by atoms with Gasteiger partial charge in [-0.25, -0.2) is 4.39 Å². The lowest BCUT2D eigenvalue weighted by Crippen LogP contribution is -2.54. The number of nitrogens with one attached hydrogen (secondary N) is 1. The number of carbonyl (C=O) groups excluding carboxylic acids is 2. The van der Waals surface area contributed by atoms with Crippen LogP contribution in [0, 0.1) is 11.7 Å². The van der Waals surface area contributed by atoms with E-state index in [1.54, 1.807) is 29.2 Å². The summed E-state index contributed by atoms with van der Waals surface area (Å²) < 4.78 is 24.9. The van der Waals surface area contributed by atoms with E-state index in [9.17, 15) is 14.0 Å². The maximum Gasteiger partial charge on any atom is 0.254 e. The monoisotopic (exact) mass is 420 g/mol. The van der Waals surface area contributed by atoms with Crippen LogP contribution < -0.4 is 14.8 Å². The summed E-state index contributed by atoms with van der Waals surface area (Å²) in [4.78, 5) is 26.3. The summed E-state index contributed by atoms with van der Waals surface area (Å²) in [5.74, 6) is -0.213. The average Bonchev–Trinajstić information content (AvgIpc) is 3.03. The van der Waals surface area contributed by atoms with Crippen molar-refractivity contribution < 1.29 is 23.5 Å². The molecule has 2 aliphatic heterocycles. The van der Waals surface area contributed by atoms with Crippen LogP contribution in [0.4, 0.5) is 10.1 Å². The molecule has 8 heteroatoms. The van der Waals surface area contributed by atoms with Gasteiger partial charge in [0.15, 0.2) is 11.5 Å². The molecule has 1 saturated heterocycles. The number of carbonyl (C=O) groups is 2. The number of amides is 2. The molecule has 2 aliphatic rings. The molecular formula is C18H14BrFN2O4. The molecule has 0 aliphatic carbocycles. The van der Waals surface area contributed by atoms with Gasteiger partial charge in [-0.15, -0.1) is 0 Å². The Labute approximate surface area is 157 Å². The molecule has 0 radical (unpaired) electrons. The van der Waals surface area contributed by atoms with Crippen LogP contribution in [0.3, 0.4) is 0 Å². The van der Waals surface area contributed by atoms with Crippen LogP contribution in [-0.2, 0) is 4.79 Å². The lowest BCUT2D eigenvalue weighted by molar-refractivity contribution is -0.123. The van der Waals surface area contributed by atoms with Crippen molar-refractivity contribution in [1.82, 2.24) is 4.90 Å². The van der Waals surface area contributed by atoms with Crippen LogP contribution in [0.5, 0.6) is 11.5 Å². The number of nitrogens with zero attached hydrogens (tertiary/aromatic N) is 1. The molecule has 2 heterocycles. The fraction of sp³-hybridized carbons (Fsp3) is 0.222. The Morgan fingerprint density at radius 1 is 1.12 bits per heavy atom. The van der Waals surface area contributed by atoms with Gasteiger partial charge < -0.3 is 19.7 Å². The summed E-state index contributed by atoms with van der Waals surface area (Å²) in [7, 11) is 0. The molecule has 26 heavy (non-hydrogen) atoms. The molecule has 0 bridgehead atoms. The number of rotatable bonds is 3. The SMILES string of the molecule is O=C(Nc1ccc(Br)cc1F)C1CN(C(=O)c2ccc3c(c2)OCO3)C1. The van der Waals surface area contributed by atoms with E-state index in [1.807, 2.05) is 0 Å². The van der Waals surface area contributed by atoms with Crippen molar-refractivity contribution in [2.45, 2.75) is 0 Å². The van der Waals surface area contributed by atoms with E-state index in [0.29, 0.717) is 21.5 Å². The standard InChI is InChI=1S/C18H14BrFN2O4/c19-12-2-3-14(13(20)6-12)21-17(23)11-7-22(8-11)18(24)10-1-4-15-16(5-10)26-9-25-15/h1-6,11H,7-9H2,(H,21,23). The predicted octanol–water partition coefficient (Wildman–Crippen LogP) is 3.03. The zero-order valence-electron chi connectivity index (χ0n) is 13.5. The number of benzene rings is 2. The van der Waals surface area contributed by atoms with Crippen molar-refractivity contribution >= 4 is 33.4 Å². The molecule has 0 unspecified atom stereocenters. The van der Waals surface area contributed by atoms with E-state index >= 15 is 0 Å². The highest BCUT2D eigenvalue weighted by atomic mass is 79.9. The van der Waals surface area contributed by atoms with Gasteiger partial charge in [0.1, 0.15) is 5.82 Å². The number of hydrogen-bond acceptors (Lipinski definition) is 4. The van der Waals surface area contributed by atoms with Crippen LogP contribution in [0.25, 0.3) is 0 Å². The molecule has 134 valence electrons. The van der Waals surface area contributed by atoms with Gasteiger partial charge in [0.05, 0.1) is 11.6 Å². The third-order valence-corrected chi connectivity index (χ3v) is 4.84. The van der Waals surface area contributed by atoms with Crippen LogP contribution >= 0.6 is 15.9 Å². The van der Waals surface area contributed by atoms with Crippen molar-refractivity contribution in [1.29, 1.82) is 0 Å². The van der Waals surface area contributed by atoms with Gasteiger partial charge in [0, 0.05) is 23.1 Å². The van der Waals surface area contributed by atoms with Crippen molar-refractivity contribution in [2.24, 2.45) is 5.92 Å². The summed E-state index contributed by atoms with van der Waals surface area (Å²) in [5.41, 5.74) is 0.603. The maximum atomic E-state index is 13.8. The Morgan fingerprint density at radius 2 is 1.88 bits per heavy atom. The third-order valence-electron chi connectivity index (χ3n) is 4.35. The molecule has 0 atom stereocenters. The summed E-state index contributed by atoms with van der Waals surface area (Å²) in [5, 5.41) is 2.56. The van der Waals surface area contributed by atoms with E-state index in [4.69, 9.17) is 9.47 Å². The minimum atomic E-state index is -0.514. The van der Waals surface area contributed by atoms with Gasteiger partial charge in [-0.3, -0.25) is 9.59 Å². The lowest BCUT2D eigenvalue weighted by atomic mass is 9.97. The van der Waals surface area contributed by atoms with Crippen LogP contribution in [-0.4, -0.2) is 36.6 Å². The quantitative estimate of drug-likeness (QED) is 0.828. The smallest absolute Gasteiger partial charge is 0.254 e. The highest BCUT2D eigenvalue weighted by Crippen LogP contribution is 2.33. The molecular weight excluding hydrogens is 407 g/mol. The Hall–Kier alpha value is -2.61. The van der Waals surface area contributed by atoms with Gasteiger partial charge in [-0.1, -0.05) is 15.9 Å². The van der Waals surface area contributed by atoms with Gasteiger partial charge in [0.2, 0.25) is 12.7 Å². The molecule has 2 amide bonds. The van der Waals surface area contributed by atoms with Crippen molar-refractivity contribution in [3.05, 3.63) is 52.3 Å². The normalized spacial score (nSPS) is 15.5. The molecule has 1 N–H and O–H groups in total. The molecule has 2 aromatic carbocycles. The summed E-state index contributed by atoms with van der Waals surface area (Å²) in [6.07, 6.45) is 0. The summed E-state index contributed by atoms with van der Waals surface area (Å²) in [6, 6.07) is 9.41. The maximum absolute atomic E-state index is 13.8. The van der Waals surface area contributed by atoms with Crippen LogP contribution in [0.2, 0.25) is 0 Å². The molecule has 0 saturated carbocycles. The molecule has 6 nitrogen and oxygen atoms in total. The Bertz CT molecular complexity index is 899. The Morgan fingerprint density at radius 3 is 2.65 bits per heavy atom. The van der Waals surface area contributed by atoms with E-state index < -0.39 is 5.82 Å². The second-order valence-electron chi connectivity index (χ2n) is 6.09. The molecule has 0 aromatic heterocycles. The van der Waals surface area contributed by atoms with E-state index in [2.05, 4.69) is 21.2 Å². The summed E-state index contributed by atoms with van der Waals surface area (Å²) in [6.45, 7) is 0.722. The van der Waals surface area contributed by atoms with Gasteiger partial charge in [-0.05, 0) is 36.4 Å². The second-order valence-corrected chi connectivity index (χ2v) is 7.00. The lowest BCUT2D eigenvalue weighted by Gasteiger charge is -2.38. The first-order chi connectivity index (χ1) is 12.5. The second kappa shape index (κ2) is 6.60. The zero-order chi connectivity index (χ0) is 18.3. The predicted molar refractivity (Wildman–Crippen MR) is 94.7 cm³/mol. The number of likely N-dealkylation sites (tertiary alicyclic amines) is 1. The number of hydrogen-bond donors (Lipinski definition) is 1. The first kappa shape index (κ1) is 16.8. The van der Waals surface area contributed by atoms with Crippen LogP contribution in [0.15, 0.2) is 40.9 Å². The molecule has 4 rings (SSSR count). The van der Waals surface area contributed by atoms with Gasteiger partial charge in [0.25, 0.3) is 5.91 Å². The highest BCUT2D eigenvalue weighted by Gasteiger charge is 2.36. The number of anilines is 1. The van der Waals surface area contributed by atoms with Crippen LogP contribution in [0.1, 0.15) is 10.4 Å². The van der Waals surface area contributed by atoms with Crippen molar-refractivity contribution in [3.8, 4) is 11.5 Å². The van der Waals surface area contributed by atoms with Gasteiger partial charge >= 0.3 is 0 Å². The van der Waals surface area contributed by atoms with Crippen molar-refractivity contribution in [3.63, 3.8) is 0 Å². The molecule has 0 spiro atoms. The highest BCUT2D eigenvalue weighted by molar-refractivity contribution is 9.10. The minimum absolute atomic E-state index is 0.124. The summed E-state index contributed by atoms with van der Waals surface area (Å²) >= 11 is 3.17. The molecule has 2 aromatic rings. The first-order valence-corrected chi connectivity index (χ1v) is 8.75. The topological polar surface area (TPSA) is 67.9 Å². The van der Waals surface area contributed by atoms with E-state index in [0.717, 1.165) is 0 Å². The molecule has 1 fully saturated rings. The zero-order valence-corrected chi connectivity index (χ0v) is 15.1. The number of fused-ring (bicyclic) bond motifs is 1. The fourth-order valence-corrected chi connectivity index (χ4v) is 3.18. The fourth-order valence-electron chi connectivity index (χ4n) is 2.85.